The number of rotatable bonds is 6. The average Bonchev–Trinajstić information content (AvgIpc) is 2.24. The molecule has 0 spiro atoms. The lowest BCUT2D eigenvalue weighted by atomic mass is 9.89. The minimum Gasteiger partial charge on any atom is -0.317 e. The Labute approximate surface area is 100 Å². The van der Waals surface area contributed by atoms with Gasteiger partial charge in [0.05, 0.1) is 0 Å². The maximum atomic E-state index is 3.46. The van der Waals surface area contributed by atoms with Gasteiger partial charge in [0.15, 0.2) is 0 Å². The van der Waals surface area contributed by atoms with Crippen LogP contribution in [0.3, 0.4) is 0 Å². The molecule has 1 aromatic carbocycles. The average molecular weight is 219 g/mol. The number of nitrogens with one attached hydrogen (secondary N) is 1. The van der Waals surface area contributed by atoms with Crippen molar-refractivity contribution in [1.29, 1.82) is 0 Å². The molecule has 0 aliphatic heterocycles. The first-order valence-corrected chi connectivity index (χ1v) is 6.39. The van der Waals surface area contributed by atoms with Gasteiger partial charge in [0.25, 0.3) is 0 Å². The summed E-state index contributed by atoms with van der Waals surface area (Å²) in [6.45, 7) is 11.2. The van der Waals surface area contributed by atoms with Gasteiger partial charge in [-0.3, -0.25) is 0 Å². The summed E-state index contributed by atoms with van der Waals surface area (Å²) < 4.78 is 0. The van der Waals surface area contributed by atoms with Crippen LogP contribution in [-0.4, -0.2) is 13.1 Å². The minimum absolute atomic E-state index is 0.736. The molecule has 1 rings (SSSR count). The number of aryl methyl sites for hydroxylation is 1. The third-order valence-corrected chi connectivity index (χ3v) is 3.18. The molecule has 0 fully saturated rings. The monoisotopic (exact) mass is 219 g/mol. The molecule has 1 unspecified atom stereocenters. The first-order chi connectivity index (χ1) is 7.63. The summed E-state index contributed by atoms with van der Waals surface area (Å²) in [6.07, 6.45) is 1.19. The molecule has 1 nitrogen and oxygen atoms in total. The standard InChI is InChI=1S/C15H25N/c1-5-16-11-15(12(2)3)10-14-8-6-7-13(4)9-14/h6-9,12,15-16H,5,10-11H2,1-4H3. The van der Waals surface area contributed by atoms with Crippen LogP contribution in [-0.2, 0) is 6.42 Å². The van der Waals surface area contributed by atoms with Crippen LogP contribution in [0.15, 0.2) is 24.3 Å². The Bertz CT molecular complexity index is 304. The van der Waals surface area contributed by atoms with Crippen molar-refractivity contribution in [3.05, 3.63) is 35.4 Å². The fraction of sp³-hybridized carbons (Fsp3) is 0.600. The van der Waals surface area contributed by atoms with Gasteiger partial charge < -0.3 is 5.32 Å². The first kappa shape index (κ1) is 13.2. The van der Waals surface area contributed by atoms with Gasteiger partial charge in [-0.05, 0) is 43.8 Å². The number of hydrogen-bond donors (Lipinski definition) is 1. The van der Waals surface area contributed by atoms with Gasteiger partial charge in [-0.15, -0.1) is 0 Å². The summed E-state index contributed by atoms with van der Waals surface area (Å²) >= 11 is 0. The van der Waals surface area contributed by atoms with Crippen LogP contribution in [0.4, 0.5) is 0 Å². The molecule has 16 heavy (non-hydrogen) atoms. The predicted octanol–water partition coefficient (Wildman–Crippen LogP) is 3.42. The fourth-order valence-corrected chi connectivity index (χ4v) is 2.02. The highest BCUT2D eigenvalue weighted by Crippen LogP contribution is 2.17. The van der Waals surface area contributed by atoms with Crippen molar-refractivity contribution in [2.75, 3.05) is 13.1 Å². The summed E-state index contributed by atoms with van der Waals surface area (Å²) in [6, 6.07) is 8.88. The normalized spacial score (nSPS) is 13.1. The van der Waals surface area contributed by atoms with E-state index in [1.807, 2.05) is 0 Å². The lowest BCUT2D eigenvalue weighted by Gasteiger charge is -2.21. The van der Waals surface area contributed by atoms with Gasteiger partial charge >= 0.3 is 0 Å². The van der Waals surface area contributed by atoms with Crippen LogP contribution < -0.4 is 5.32 Å². The van der Waals surface area contributed by atoms with Gasteiger partial charge in [0, 0.05) is 0 Å². The van der Waals surface area contributed by atoms with Crippen molar-refractivity contribution in [1.82, 2.24) is 5.32 Å². The molecular weight excluding hydrogens is 194 g/mol. The quantitative estimate of drug-likeness (QED) is 0.773. The third kappa shape index (κ3) is 4.36. The van der Waals surface area contributed by atoms with Crippen molar-refractivity contribution in [3.63, 3.8) is 0 Å². The molecule has 0 aromatic heterocycles. The molecule has 0 radical (unpaired) electrons. The number of hydrogen-bond acceptors (Lipinski definition) is 1. The highest BCUT2D eigenvalue weighted by molar-refractivity contribution is 5.22. The van der Waals surface area contributed by atoms with Crippen LogP contribution in [0.25, 0.3) is 0 Å². The molecule has 0 heterocycles. The Kier molecular flexibility index (Phi) is 5.54. The highest BCUT2D eigenvalue weighted by atomic mass is 14.8. The van der Waals surface area contributed by atoms with Crippen molar-refractivity contribution < 1.29 is 0 Å². The van der Waals surface area contributed by atoms with Gasteiger partial charge in [-0.2, -0.15) is 0 Å². The summed E-state index contributed by atoms with van der Waals surface area (Å²) in [5.74, 6) is 1.47. The molecular formula is C15H25N. The van der Waals surface area contributed by atoms with E-state index in [2.05, 4.69) is 57.3 Å². The van der Waals surface area contributed by atoms with E-state index in [9.17, 15) is 0 Å². The molecule has 0 bridgehead atoms. The lowest BCUT2D eigenvalue weighted by Crippen LogP contribution is -2.27. The molecule has 1 heteroatoms. The lowest BCUT2D eigenvalue weighted by molar-refractivity contribution is 0.363. The van der Waals surface area contributed by atoms with E-state index in [0.29, 0.717) is 0 Å². The zero-order chi connectivity index (χ0) is 12.0. The van der Waals surface area contributed by atoms with Gasteiger partial charge in [0.1, 0.15) is 0 Å². The Morgan fingerprint density at radius 3 is 2.56 bits per heavy atom. The van der Waals surface area contributed by atoms with Crippen molar-refractivity contribution in [2.45, 2.75) is 34.1 Å². The zero-order valence-electron chi connectivity index (χ0n) is 11.1. The van der Waals surface area contributed by atoms with Gasteiger partial charge in [0.2, 0.25) is 0 Å². The van der Waals surface area contributed by atoms with E-state index < -0.39 is 0 Å². The molecule has 90 valence electrons. The number of benzene rings is 1. The molecule has 1 N–H and O–H groups in total. The fourth-order valence-electron chi connectivity index (χ4n) is 2.02. The maximum absolute atomic E-state index is 3.46. The second-order valence-electron chi connectivity index (χ2n) is 5.00. The van der Waals surface area contributed by atoms with E-state index in [1.165, 1.54) is 17.5 Å². The minimum atomic E-state index is 0.736. The SMILES string of the molecule is CCNCC(Cc1cccc(C)c1)C(C)C. The van der Waals surface area contributed by atoms with E-state index in [1.54, 1.807) is 0 Å². The molecule has 0 aliphatic carbocycles. The molecule has 1 aromatic rings. The summed E-state index contributed by atoms with van der Waals surface area (Å²) in [5, 5.41) is 3.46. The van der Waals surface area contributed by atoms with E-state index in [4.69, 9.17) is 0 Å². The Morgan fingerprint density at radius 2 is 2.00 bits per heavy atom. The van der Waals surface area contributed by atoms with Gasteiger partial charge in [-0.1, -0.05) is 50.6 Å². The largest absolute Gasteiger partial charge is 0.317 e. The van der Waals surface area contributed by atoms with Gasteiger partial charge in [-0.25, -0.2) is 0 Å². The van der Waals surface area contributed by atoms with E-state index in [0.717, 1.165) is 24.9 Å². The van der Waals surface area contributed by atoms with Crippen LogP contribution in [0, 0.1) is 18.8 Å². The molecule has 0 saturated carbocycles. The molecule has 0 saturated heterocycles. The zero-order valence-corrected chi connectivity index (χ0v) is 11.1. The van der Waals surface area contributed by atoms with Crippen LogP contribution in [0.5, 0.6) is 0 Å². The first-order valence-electron chi connectivity index (χ1n) is 6.39. The Morgan fingerprint density at radius 1 is 1.25 bits per heavy atom. The summed E-state index contributed by atoms with van der Waals surface area (Å²) in [5.41, 5.74) is 2.83. The van der Waals surface area contributed by atoms with E-state index in [-0.39, 0.29) is 0 Å². The maximum Gasteiger partial charge on any atom is -0.00150 e. The third-order valence-electron chi connectivity index (χ3n) is 3.18. The van der Waals surface area contributed by atoms with Crippen LogP contribution >= 0.6 is 0 Å². The van der Waals surface area contributed by atoms with Crippen LogP contribution in [0.1, 0.15) is 31.9 Å². The molecule has 0 amide bonds. The molecule has 0 aliphatic rings. The van der Waals surface area contributed by atoms with Crippen molar-refractivity contribution in [2.24, 2.45) is 11.8 Å². The molecule has 1 atom stereocenters. The predicted molar refractivity (Wildman–Crippen MR) is 71.8 cm³/mol. The topological polar surface area (TPSA) is 12.0 Å². The second-order valence-corrected chi connectivity index (χ2v) is 5.00. The van der Waals surface area contributed by atoms with Crippen molar-refractivity contribution in [3.8, 4) is 0 Å². The van der Waals surface area contributed by atoms with Crippen LogP contribution in [0.2, 0.25) is 0 Å². The summed E-state index contributed by atoms with van der Waals surface area (Å²) in [4.78, 5) is 0. The van der Waals surface area contributed by atoms with Crippen molar-refractivity contribution >= 4 is 0 Å². The van der Waals surface area contributed by atoms with E-state index >= 15 is 0 Å². The Balaban J connectivity index is 2.60. The second kappa shape index (κ2) is 6.70. The summed E-state index contributed by atoms with van der Waals surface area (Å²) in [7, 11) is 0. The Hall–Kier alpha value is -0.820. The smallest absolute Gasteiger partial charge is 0.00150 e. The highest BCUT2D eigenvalue weighted by Gasteiger charge is 2.13.